The fourth-order valence-corrected chi connectivity index (χ4v) is 9.55. The molecule has 7 aromatic carbocycles. The zero-order chi connectivity index (χ0) is 34.3. The standard InChI is InChI=1S/C50H41N/c1-49(2,3)34-26-29-39-40-30-27-35(32-46(40)50(45(39)31-34)43-21-11-7-17-37(43)38-18-8-12-22-44(38)50)51-47-23-13-9-19-41(47)36(42-20-10-14-24-48(42)51)28-25-33-15-5-4-6-16-33/h4-24,26-27,29-32,36H,25,28H2,1-3H3. The third kappa shape index (κ3) is 4.34. The molecule has 10 rings (SSSR count). The summed E-state index contributed by atoms with van der Waals surface area (Å²) in [6, 6.07) is 62.0. The summed E-state index contributed by atoms with van der Waals surface area (Å²) in [6.07, 6.45) is 2.11. The molecule has 2 aliphatic carbocycles. The Hall–Kier alpha value is -5.66. The molecule has 0 atom stereocenters. The molecule has 7 aromatic rings. The molecule has 0 saturated carbocycles. The van der Waals surface area contributed by atoms with Crippen molar-refractivity contribution in [1.82, 2.24) is 0 Å². The molecule has 0 N–H and O–H groups in total. The van der Waals surface area contributed by atoms with Crippen LogP contribution in [0.15, 0.2) is 164 Å². The monoisotopic (exact) mass is 655 g/mol. The molecule has 0 unspecified atom stereocenters. The fraction of sp³-hybridized carbons (Fsp3) is 0.160. The highest BCUT2D eigenvalue weighted by Gasteiger charge is 2.52. The topological polar surface area (TPSA) is 3.24 Å². The van der Waals surface area contributed by atoms with Gasteiger partial charge in [0.1, 0.15) is 0 Å². The van der Waals surface area contributed by atoms with E-state index in [1.165, 1.54) is 83.8 Å². The minimum atomic E-state index is -0.401. The average Bonchev–Trinajstić information content (AvgIpc) is 3.63. The van der Waals surface area contributed by atoms with Gasteiger partial charge in [-0.15, -0.1) is 0 Å². The van der Waals surface area contributed by atoms with Crippen LogP contribution in [0.2, 0.25) is 0 Å². The lowest BCUT2D eigenvalue weighted by Crippen LogP contribution is -2.27. The van der Waals surface area contributed by atoms with E-state index < -0.39 is 5.41 Å². The Morgan fingerprint density at radius 1 is 0.490 bits per heavy atom. The SMILES string of the molecule is CC(C)(C)c1ccc2c(c1)C1(c3ccccc3-c3ccccc31)c1cc(N3c4ccccc4C(CCc4ccccc4)c4ccccc43)ccc1-2. The molecule has 0 radical (unpaired) electrons. The Bertz CT molecular complexity index is 2390. The smallest absolute Gasteiger partial charge is 0.0726 e. The van der Waals surface area contributed by atoms with Crippen LogP contribution in [-0.2, 0) is 17.3 Å². The molecule has 51 heavy (non-hydrogen) atoms. The third-order valence-corrected chi connectivity index (χ3v) is 11.9. The number of hydrogen-bond donors (Lipinski definition) is 0. The molecule has 246 valence electrons. The minimum Gasteiger partial charge on any atom is -0.310 e. The Morgan fingerprint density at radius 2 is 1.00 bits per heavy atom. The summed E-state index contributed by atoms with van der Waals surface area (Å²) in [4.78, 5) is 2.54. The molecule has 0 amide bonds. The Morgan fingerprint density at radius 3 is 1.63 bits per heavy atom. The molecule has 1 heteroatoms. The predicted molar refractivity (Wildman–Crippen MR) is 213 cm³/mol. The summed E-state index contributed by atoms with van der Waals surface area (Å²) >= 11 is 0. The van der Waals surface area contributed by atoms with Crippen LogP contribution in [0.4, 0.5) is 17.1 Å². The minimum absolute atomic E-state index is 0.0338. The number of aryl methyl sites for hydroxylation is 1. The first-order valence-electron chi connectivity index (χ1n) is 18.5. The number of anilines is 3. The summed E-state index contributed by atoms with van der Waals surface area (Å²) in [6.45, 7) is 6.99. The summed E-state index contributed by atoms with van der Waals surface area (Å²) in [5.74, 6) is 0.322. The second-order valence-electron chi connectivity index (χ2n) is 15.6. The summed E-state index contributed by atoms with van der Waals surface area (Å²) < 4.78 is 0. The van der Waals surface area contributed by atoms with Gasteiger partial charge in [0.05, 0.1) is 5.41 Å². The van der Waals surface area contributed by atoms with Crippen LogP contribution in [0.3, 0.4) is 0 Å². The summed E-state index contributed by atoms with van der Waals surface area (Å²) in [5, 5.41) is 0. The molecule has 0 saturated heterocycles. The highest BCUT2D eigenvalue weighted by Crippen LogP contribution is 2.64. The van der Waals surface area contributed by atoms with E-state index in [9.17, 15) is 0 Å². The van der Waals surface area contributed by atoms with Gasteiger partial charge in [-0.05, 0) is 109 Å². The van der Waals surface area contributed by atoms with Crippen LogP contribution in [0.25, 0.3) is 22.3 Å². The first-order valence-corrected chi connectivity index (χ1v) is 18.5. The van der Waals surface area contributed by atoms with Crippen LogP contribution >= 0.6 is 0 Å². The van der Waals surface area contributed by atoms with Crippen LogP contribution < -0.4 is 4.90 Å². The maximum absolute atomic E-state index is 2.54. The number of rotatable bonds is 4. The van der Waals surface area contributed by atoms with Gasteiger partial charge in [-0.1, -0.05) is 160 Å². The first kappa shape index (κ1) is 30.2. The number of fused-ring (bicyclic) bond motifs is 12. The van der Waals surface area contributed by atoms with E-state index in [1.54, 1.807) is 0 Å². The van der Waals surface area contributed by atoms with E-state index >= 15 is 0 Å². The zero-order valence-corrected chi connectivity index (χ0v) is 29.5. The van der Waals surface area contributed by atoms with Gasteiger partial charge in [0.2, 0.25) is 0 Å². The van der Waals surface area contributed by atoms with Crippen LogP contribution in [0, 0.1) is 0 Å². The molecule has 3 aliphatic rings. The van der Waals surface area contributed by atoms with Crippen molar-refractivity contribution >= 4 is 17.1 Å². The molecule has 0 fully saturated rings. The van der Waals surface area contributed by atoms with Crippen LogP contribution in [0.1, 0.15) is 77.6 Å². The van der Waals surface area contributed by atoms with Crippen molar-refractivity contribution in [3.05, 3.63) is 208 Å². The van der Waals surface area contributed by atoms with E-state index in [0.29, 0.717) is 5.92 Å². The molecule has 0 aromatic heterocycles. The third-order valence-electron chi connectivity index (χ3n) is 11.9. The Kier molecular flexibility index (Phi) is 6.61. The maximum atomic E-state index is 2.54. The van der Waals surface area contributed by atoms with E-state index in [2.05, 4.69) is 189 Å². The normalized spacial score (nSPS) is 14.8. The lowest BCUT2D eigenvalue weighted by atomic mass is 9.69. The molecule has 1 nitrogen and oxygen atoms in total. The van der Waals surface area contributed by atoms with Gasteiger partial charge in [0, 0.05) is 23.0 Å². The van der Waals surface area contributed by atoms with E-state index in [4.69, 9.17) is 0 Å². The molecular weight excluding hydrogens is 615 g/mol. The van der Waals surface area contributed by atoms with Crippen molar-refractivity contribution in [2.45, 2.75) is 50.4 Å². The lowest BCUT2D eigenvalue weighted by Gasteiger charge is -2.38. The number of hydrogen-bond acceptors (Lipinski definition) is 1. The van der Waals surface area contributed by atoms with Crippen LogP contribution in [0.5, 0.6) is 0 Å². The van der Waals surface area contributed by atoms with Gasteiger partial charge in [0.25, 0.3) is 0 Å². The van der Waals surface area contributed by atoms with E-state index in [-0.39, 0.29) is 5.41 Å². The largest absolute Gasteiger partial charge is 0.310 e. The number of benzene rings is 7. The van der Waals surface area contributed by atoms with Gasteiger partial charge >= 0.3 is 0 Å². The summed E-state index contributed by atoms with van der Waals surface area (Å²) in [5.41, 5.74) is 19.9. The number of nitrogens with zero attached hydrogens (tertiary/aromatic N) is 1. The van der Waals surface area contributed by atoms with Crippen molar-refractivity contribution in [1.29, 1.82) is 0 Å². The van der Waals surface area contributed by atoms with Gasteiger partial charge in [-0.25, -0.2) is 0 Å². The summed E-state index contributed by atoms with van der Waals surface area (Å²) in [7, 11) is 0. The van der Waals surface area contributed by atoms with Crippen molar-refractivity contribution in [2.75, 3.05) is 4.90 Å². The van der Waals surface area contributed by atoms with Gasteiger partial charge in [-0.3, -0.25) is 0 Å². The highest BCUT2D eigenvalue weighted by molar-refractivity contribution is 5.97. The molecule has 1 heterocycles. The Balaban J connectivity index is 1.20. The molecule has 1 spiro atoms. The highest BCUT2D eigenvalue weighted by atomic mass is 15.2. The molecule has 1 aliphatic heterocycles. The molecule has 0 bridgehead atoms. The predicted octanol–water partition coefficient (Wildman–Crippen LogP) is 12.9. The maximum Gasteiger partial charge on any atom is 0.0726 e. The van der Waals surface area contributed by atoms with Crippen LogP contribution in [-0.4, -0.2) is 0 Å². The van der Waals surface area contributed by atoms with Crippen molar-refractivity contribution < 1.29 is 0 Å². The molecular formula is C50H41N. The van der Waals surface area contributed by atoms with Crippen molar-refractivity contribution in [3.63, 3.8) is 0 Å². The lowest BCUT2D eigenvalue weighted by molar-refractivity contribution is 0.588. The van der Waals surface area contributed by atoms with Gasteiger partial charge in [0.15, 0.2) is 0 Å². The Labute approximate surface area is 301 Å². The average molecular weight is 656 g/mol. The second kappa shape index (κ2) is 11.2. The second-order valence-corrected chi connectivity index (χ2v) is 15.6. The zero-order valence-electron chi connectivity index (χ0n) is 29.5. The first-order chi connectivity index (χ1) is 24.9. The van der Waals surface area contributed by atoms with Gasteiger partial charge in [-0.2, -0.15) is 0 Å². The van der Waals surface area contributed by atoms with E-state index in [1.807, 2.05) is 0 Å². The fourth-order valence-electron chi connectivity index (χ4n) is 9.55. The number of para-hydroxylation sites is 2. The van der Waals surface area contributed by atoms with E-state index in [0.717, 1.165) is 12.8 Å². The quantitative estimate of drug-likeness (QED) is 0.182. The van der Waals surface area contributed by atoms with Crippen molar-refractivity contribution in [2.24, 2.45) is 0 Å². The van der Waals surface area contributed by atoms with Gasteiger partial charge < -0.3 is 4.90 Å². The van der Waals surface area contributed by atoms with Crippen molar-refractivity contribution in [3.8, 4) is 22.3 Å².